The van der Waals surface area contributed by atoms with Crippen LogP contribution in [0.4, 0.5) is 4.79 Å². The Labute approximate surface area is 254 Å². The zero-order valence-electron chi connectivity index (χ0n) is 26.9. The number of aliphatic hydroxyl groups is 1. The first kappa shape index (κ1) is 37.2. The van der Waals surface area contributed by atoms with Gasteiger partial charge in [-0.2, -0.15) is 0 Å². The zero-order valence-corrected chi connectivity index (χ0v) is 27.9. The minimum Gasteiger partial charge on any atom is -0.449 e. The van der Waals surface area contributed by atoms with Gasteiger partial charge >= 0.3 is 6.09 Å². The molecule has 0 aliphatic heterocycles. The molecular weight excluding hydrogens is 546 g/mol. The Morgan fingerprint density at radius 3 is 2.31 bits per heavy atom. The highest BCUT2D eigenvalue weighted by atomic mass is 28.3. The number of unbranched alkanes of at least 4 members (excludes halogenated alkanes) is 2. The zero-order chi connectivity index (χ0) is 31.5. The molecule has 1 aromatic rings. The van der Waals surface area contributed by atoms with Crippen molar-refractivity contribution < 1.29 is 28.9 Å². The van der Waals surface area contributed by atoms with E-state index in [2.05, 4.69) is 45.6 Å². The molecule has 0 saturated heterocycles. The van der Waals surface area contributed by atoms with E-state index in [1.165, 1.54) is 12.3 Å². The molecule has 0 heterocycles. The molecule has 0 aromatic heterocycles. The number of hydrogen-bond acceptors (Lipinski definition) is 6. The second-order valence-electron chi connectivity index (χ2n) is 11.9. The SMILES string of the molecule is CO[C@H]([C@H](C)[C@H](/C=C/c1ccccc1)OC)[C@@H](C)/C=C/C(C)=C/C(=O)N(/C=C\CCCCO)C(=O)OCC[Si](C)(C)C. The van der Waals surface area contributed by atoms with Gasteiger partial charge in [-0.1, -0.05) is 94.2 Å². The van der Waals surface area contributed by atoms with Crippen molar-refractivity contribution in [3.63, 3.8) is 0 Å². The lowest BCUT2D eigenvalue weighted by Crippen LogP contribution is -2.35. The average molecular weight is 600 g/mol. The van der Waals surface area contributed by atoms with E-state index < -0.39 is 20.1 Å². The van der Waals surface area contributed by atoms with Crippen molar-refractivity contribution in [2.24, 2.45) is 11.8 Å². The van der Waals surface area contributed by atoms with E-state index in [0.717, 1.165) is 22.9 Å². The molecular formula is C34H53NO6Si. The molecule has 7 nitrogen and oxygen atoms in total. The van der Waals surface area contributed by atoms with Crippen LogP contribution in [0.15, 0.2) is 72.5 Å². The summed E-state index contributed by atoms with van der Waals surface area (Å²) in [6.07, 6.45) is 13.8. The summed E-state index contributed by atoms with van der Waals surface area (Å²) in [6.45, 7) is 13.0. The number of aliphatic hydroxyl groups excluding tert-OH is 1. The molecule has 0 unspecified atom stereocenters. The normalized spacial score (nSPS) is 15.7. The van der Waals surface area contributed by atoms with Gasteiger partial charge in [-0.15, -0.1) is 0 Å². The number of ether oxygens (including phenoxy) is 3. The van der Waals surface area contributed by atoms with Crippen LogP contribution in [0.25, 0.3) is 6.08 Å². The molecule has 2 amide bonds. The summed E-state index contributed by atoms with van der Waals surface area (Å²) < 4.78 is 17.1. The largest absolute Gasteiger partial charge is 0.449 e. The molecule has 0 aliphatic rings. The Bertz CT molecular complexity index is 1040. The summed E-state index contributed by atoms with van der Waals surface area (Å²) in [5, 5.41) is 9.00. The number of hydrogen-bond donors (Lipinski definition) is 1. The van der Waals surface area contributed by atoms with Crippen molar-refractivity contribution in [1.82, 2.24) is 4.90 Å². The average Bonchev–Trinajstić information content (AvgIpc) is 2.94. The molecule has 0 bridgehead atoms. The standard InChI is InChI=1S/C34H53NO6Si/c1-27(26-32(37)35(22-14-9-10-15-23-36)34(38)41-24-25-42(6,7)8)18-19-28(2)33(40-5)29(3)31(39-4)21-20-30-16-12-11-13-17-30/h11-14,16-22,26,28-29,31,33,36H,9-10,15,23-25H2,1-8H3/b19-18+,21-20+,22-14-,27-26+/t28-,29+,31-,33-/m0/s1. The van der Waals surface area contributed by atoms with Crippen molar-refractivity contribution in [1.29, 1.82) is 0 Å². The highest BCUT2D eigenvalue weighted by molar-refractivity contribution is 6.76. The summed E-state index contributed by atoms with van der Waals surface area (Å²) >= 11 is 0. The maximum Gasteiger partial charge on any atom is 0.420 e. The molecule has 1 rings (SSSR count). The maximum absolute atomic E-state index is 13.1. The molecule has 234 valence electrons. The predicted octanol–water partition coefficient (Wildman–Crippen LogP) is 7.48. The monoisotopic (exact) mass is 599 g/mol. The summed E-state index contributed by atoms with van der Waals surface area (Å²) in [4.78, 5) is 26.9. The van der Waals surface area contributed by atoms with E-state index in [9.17, 15) is 9.59 Å². The van der Waals surface area contributed by atoms with Gasteiger partial charge in [0.05, 0.1) is 18.8 Å². The van der Waals surface area contributed by atoms with Crippen LogP contribution < -0.4 is 0 Å². The van der Waals surface area contributed by atoms with Gasteiger partial charge in [0.15, 0.2) is 0 Å². The topological polar surface area (TPSA) is 85.3 Å². The molecule has 0 spiro atoms. The second kappa shape index (κ2) is 20.2. The fourth-order valence-electron chi connectivity index (χ4n) is 4.35. The molecule has 1 aromatic carbocycles. The third-order valence-corrected chi connectivity index (χ3v) is 8.64. The number of allylic oxidation sites excluding steroid dienone is 3. The van der Waals surface area contributed by atoms with Gasteiger partial charge in [-0.3, -0.25) is 4.79 Å². The van der Waals surface area contributed by atoms with Crippen molar-refractivity contribution >= 4 is 26.2 Å². The van der Waals surface area contributed by atoms with Crippen LogP contribution in [0.2, 0.25) is 25.7 Å². The van der Waals surface area contributed by atoms with Crippen LogP contribution in [-0.2, 0) is 19.0 Å². The van der Waals surface area contributed by atoms with E-state index in [-0.39, 0.29) is 37.3 Å². The predicted molar refractivity (Wildman–Crippen MR) is 175 cm³/mol. The minimum atomic E-state index is -1.39. The highest BCUT2D eigenvalue weighted by Crippen LogP contribution is 2.24. The van der Waals surface area contributed by atoms with Crippen LogP contribution in [0, 0.1) is 11.8 Å². The van der Waals surface area contributed by atoms with Crippen molar-refractivity contribution in [3.05, 3.63) is 78.0 Å². The number of imide groups is 1. The molecule has 0 aliphatic carbocycles. The Hall–Kier alpha value is -2.78. The number of carbonyl (C=O) groups is 2. The van der Waals surface area contributed by atoms with Crippen molar-refractivity contribution in [2.75, 3.05) is 27.4 Å². The fourth-order valence-corrected chi connectivity index (χ4v) is 5.07. The molecule has 4 atom stereocenters. The van der Waals surface area contributed by atoms with E-state index in [4.69, 9.17) is 19.3 Å². The van der Waals surface area contributed by atoms with Gasteiger partial charge in [-0.05, 0) is 43.4 Å². The van der Waals surface area contributed by atoms with E-state index in [1.807, 2.05) is 49.4 Å². The lowest BCUT2D eigenvalue weighted by Gasteiger charge is -2.30. The van der Waals surface area contributed by atoms with Crippen LogP contribution in [0.3, 0.4) is 0 Å². The lowest BCUT2D eigenvalue weighted by atomic mass is 9.88. The summed E-state index contributed by atoms with van der Waals surface area (Å²) in [6, 6.07) is 10.9. The van der Waals surface area contributed by atoms with Crippen molar-refractivity contribution in [3.8, 4) is 0 Å². The molecule has 42 heavy (non-hydrogen) atoms. The number of carbonyl (C=O) groups excluding carboxylic acids is 2. The lowest BCUT2D eigenvalue weighted by molar-refractivity contribution is -0.122. The Balaban J connectivity index is 2.96. The van der Waals surface area contributed by atoms with E-state index in [0.29, 0.717) is 18.4 Å². The van der Waals surface area contributed by atoms with E-state index >= 15 is 0 Å². The number of methoxy groups -OCH3 is 2. The van der Waals surface area contributed by atoms with Crippen molar-refractivity contribution in [2.45, 2.75) is 77.9 Å². The molecule has 8 heteroatoms. The Morgan fingerprint density at radius 1 is 1.02 bits per heavy atom. The fraction of sp³-hybridized carbons (Fsp3) is 0.529. The number of nitrogens with zero attached hydrogens (tertiary/aromatic N) is 1. The minimum absolute atomic E-state index is 0.0280. The maximum atomic E-state index is 13.1. The Morgan fingerprint density at radius 2 is 1.71 bits per heavy atom. The van der Waals surface area contributed by atoms with Crippen LogP contribution in [0.1, 0.15) is 45.6 Å². The quantitative estimate of drug-likeness (QED) is 0.0815. The van der Waals surface area contributed by atoms with Gasteiger partial charge in [0.25, 0.3) is 5.91 Å². The first-order valence-electron chi connectivity index (χ1n) is 14.9. The first-order chi connectivity index (χ1) is 19.9. The molecule has 1 N–H and O–H groups in total. The first-order valence-corrected chi connectivity index (χ1v) is 18.6. The van der Waals surface area contributed by atoms with Crippen LogP contribution in [0.5, 0.6) is 0 Å². The van der Waals surface area contributed by atoms with Gasteiger partial charge in [0.2, 0.25) is 0 Å². The van der Waals surface area contributed by atoms with Crippen LogP contribution >= 0.6 is 0 Å². The molecule has 0 saturated carbocycles. The summed E-state index contributed by atoms with van der Waals surface area (Å²) in [5.41, 5.74) is 1.81. The molecule has 0 fully saturated rings. The smallest absolute Gasteiger partial charge is 0.420 e. The second-order valence-corrected chi connectivity index (χ2v) is 17.5. The molecule has 0 radical (unpaired) electrons. The third-order valence-electron chi connectivity index (χ3n) is 6.94. The Kier molecular flexibility index (Phi) is 17.9. The summed E-state index contributed by atoms with van der Waals surface area (Å²) in [7, 11) is 2.01. The number of amides is 2. The number of rotatable bonds is 18. The number of benzene rings is 1. The van der Waals surface area contributed by atoms with Gasteiger partial charge in [0, 0.05) is 53.0 Å². The van der Waals surface area contributed by atoms with Gasteiger partial charge in [0.1, 0.15) is 0 Å². The van der Waals surface area contributed by atoms with Crippen LogP contribution in [-0.4, -0.2) is 69.7 Å². The third kappa shape index (κ3) is 14.9. The highest BCUT2D eigenvalue weighted by Gasteiger charge is 2.28. The summed E-state index contributed by atoms with van der Waals surface area (Å²) in [5.74, 6) is -0.383. The van der Waals surface area contributed by atoms with E-state index in [1.54, 1.807) is 20.3 Å². The van der Waals surface area contributed by atoms with Gasteiger partial charge < -0.3 is 19.3 Å². The van der Waals surface area contributed by atoms with Gasteiger partial charge in [-0.25, -0.2) is 9.69 Å².